The van der Waals surface area contributed by atoms with Gasteiger partial charge >= 0.3 is 5.69 Å². The molecule has 0 aliphatic heterocycles. The summed E-state index contributed by atoms with van der Waals surface area (Å²) in [5.74, 6) is -0.178. The lowest BCUT2D eigenvalue weighted by Crippen LogP contribution is -2.16. The zero-order chi connectivity index (χ0) is 18.7. The van der Waals surface area contributed by atoms with Gasteiger partial charge in [0.25, 0.3) is 5.91 Å². The maximum atomic E-state index is 12.6. The van der Waals surface area contributed by atoms with Crippen LogP contribution < -0.4 is 11.0 Å². The third-order valence-electron chi connectivity index (χ3n) is 4.11. The molecule has 0 saturated heterocycles. The van der Waals surface area contributed by atoms with Crippen LogP contribution in [0.4, 0.5) is 5.69 Å². The van der Waals surface area contributed by atoms with Gasteiger partial charge in [0.05, 0.1) is 5.69 Å². The van der Waals surface area contributed by atoms with Crippen molar-refractivity contribution < 1.29 is 4.79 Å². The lowest BCUT2D eigenvalue weighted by Gasteiger charge is -2.14. The first-order valence-corrected chi connectivity index (χ1v) is 8.36. The minimum absolute atomic E-state index is 0.178. The van der Waals surface area contributed by atoms with E-state index in [0.717, 1.165) is 23.4 Å². The molecule has 0 unspecified atom stereocenters. The Labute approximate surface area is 152 Å². The summed E-state index contributed by atoms with van der Waals surface area (Å²) in [6.07, 6.45) is 3.23. The molecular weight excluding hydrogens is 328 g/mol. The van der Waals surface area contributed by atoms with Gasteiger partial charge < -0.3 is 15.2 Å². The minimum Gasteiger partial charge on any atom is -0.322 e. The summed E-state index contributed by atoms with van der Waals surface area (Å²) < 4.78 is 1.48. The number of imidazole rings is 1. The first kappa shape index (κ1) is 17.7. The third kappa shape index (κ3) is 3.92. The monoisotopic (exact) mass is 350 g/mol. The zero-order valence-corrected chi connectivity index (χ0v) is 15.1. The second-order valence-electron chi connectivity index (χ2n) is 6.52. The molecule has 26 heavy (non-hydrogen) atoms. The quantitative estimate of drug-likeness (QED) is 0.743. The number of benzene rings is 2. The number of hydrogen-bond acceptors (Lipinski definition) is 3. The molecule has 0 bridgehead atoms. The SMILES string of the molecule is Cc1ccc(CN(C)C)cc1NC(=O)c1ccc(-n2cc[nH]c2=O)cc1. The molecule has 0 aliphatic carbocycles. The molecule has 0 radical (unpaired) electrons. The molecule has 134 valence electrons. The Morgan fingerprint density at radius 2 is 1.88 bits per heavy atom. The zero-order valence-electron chi connectivity index (χ0n) is 15.1. The van der Waals surface area contributed by atoms with Crippen LogP contribution in [0.3, 0.4) is 0 Å². The van der Waals surface area contributed by atoms with Crippen molar-refractivity contribution in [2.45, 2.75) is 13.5 Å². The normalized spacial score (nSPS) is 10.9. The number of aromatic amines is 1. The molecule has 0 saturated carbocycles. The molecule has 0 aliphatic rings. The Morgan fingerprint density at radius 1 is 1.15 bits per heavy atom. The third-order valence-corrected chi connectivity index (χ3v) is 4.11. The van der Waals surface area contributed by atoms with Crippen LogP contribution in [-0.2, 0) is 6.54 Å². The van der Waals surface area contributed by atoms with Crippen molar-refractivity contribution >= 4 is 11.6 Å². The van der Waals surface area contributed by atoms with Gasteiger partial charge in [0, 0.05) is 30.2 Å². The number of carbonyl (C=O) groups excluding carboxylic acids is 1. The molecule has 0 spiro atoms. The highest BCUT2D eigenvalue weighted by Crippen LogP contribution is 2.19. The van der Waals surface area contributed by atoms with E-state index in [1.807, 2.05) is 33.2 Å². The summed E-state index contributed by atoms with van der Waals surface area (Å²) in [5.41, 5.74) is 3.98. The van der Waals surface area contributed by atoms with Crippen molar-refractivity contribution in [3.05, 3.63) is 82.0 Å². The molecule has 2 N–H and O–H groups in total. The highest BCUT2D eigenvalue weighted by atomic mass is 16.2. The molecule has 2 aromatic carbocycles. The first-order valence-electron chi connectivity index (χ1n) is 8.36. The van der Waals surface area contributed by atoms with E-state index in [0.29, 0.717) is 11.3 Å². The molecule has 6 nitrogen and oxygen atoms in total. The summed E-state index contributed by atoms with van der Waals surface area (Å²) >= 11 is 0. The standard InChI is InChI=1S/C20H22N4O2/c1-14-4-5-15(13-23(2)3)12-18(14)22-19(25)16-6-8-17(9-7-16)24-11-10-21-20(24)26/h4-12H,13H2,1-3H3,(H,21,26)(H,22,25). The van der Waals surface area contributed by atoms with Crippen LogP contribution in [0, 0.1) is 6.92 Å². The number of nitrogens with one attached hydrogen (secondary N) is 2. The summed E-state index contributed by atoms with van der Waals surface area (Å²) in [7, 11) is 4.02. The minimum atomic E-state index is -0.212. The van der Waals surface area contributed by atoms with Gasteiger partial charge in [-0.1, -0.05) is 12.1 Å². The molecule has 0 atom stereocenters. The van der Waals surface area contributed by atoms with Gasteiger partial charge in [-0.05, 0) is 62.5 Å². The number of nitrogens with zero attached hydrogens (tertiary/aromatic N) is 2. The van der Waals surface area contributed by atoms with E-state index < -0.39 is 0 Å². The Kier molecular flexibility index (Phi) is 5.04. The Balaban J connectivity index is 1.78. The summed E-state index contributed by atoms with van der Waals surface area (Å²) in [4.78, 5) is 28.9. The second kappa shape index (κ2) is 7.41. The fourth-order valence-corrected chi connectivity index (χ4v) is 2.76. The number of hydrogen-bond donors (Lipinski definition) is 2. The van der Waals surface area contributed by atoms with Crippen molar-refractivity contribution in [3.63, 3.8) is 0 Å². The molecule has 1 aromatic heterocycles. The van der Waals surface area contributed by atoms with Crippen LogP contribution in [0.15, 0.2) is 59.7 Å². The lowest BCUT2D eigenvalue weighted by atomic mass is 10.1. The molecular formula is C20H22N4O2. The largest absolute Gasteiger partial charge is 0.330 e. The van der Waals surface area contributed by atoms with Gasteiger partial charge in [0.1, 0.15) is 0 Å². The first-order chi connectivity index (χ1) is 12.4. The van der Waals surface area contributed by atoms with Crippen LogP contribution in [0.5, 0.6) is 0 Å². The van der Waals surface area contributed by atoms with Gasteiger partial charge in [-0.2, -0.15) is 0 Å². The van der Waals surface area contributed by atoms with Crippen LogP contribution in [0.25, 0.3) is 5.69 Å². The van der Waals surface area contributed by atoms with Crippen molar-refractivity contribution in [3.8, 4) is 5.69 Å². The van der Waals surface area contributed by atoms with Crippen molar-refractivity contribution in [1.82, 2.24) is 14.5 Å². The summed E-state index contributed by atoms with van der Waals surface area (Å²) in [6, 6.07) is 13.0. The van der Waals surface area contributed by atoms with Crippen molar-refractivity contribution in [1.29, 1.82) is 0 Å². The number of H-pyrrole nitrogens is 1. The van der Waals surface area contributed by atoms with Crippen LogP contribution in [-0.4, -0.2) is 34.5 Å². The van der Waals surface area contributed by atoms with E-state index >= 15 is 0 Å². The number of carbonyl (C=O) groups is 1. The van der Waals surface area contributed by atoms with Gasteiger partial charge in [-0.3, -0.25) is 9.36 Å². The second-order valence-corrected chi connectivity index (χ2v) is 6.52. The van der Waals surface area contributed by atoms with E-state index in [1.165, 1.54) is 4.57 Å². The fraction of sp³-hybridized carbons (Fsp3) is 0.200. The van der Waals surface area contributed by atoms with E-state index in [1.54, 1.807) is 36.7 Å². The number of aryl methyl sites for hydroxylation is 1. The predicted molar refractivity (Wildman–Crippen MR) is 103 cm³/mol. The molecule has 3 rings (SSSR count). The Hall–Kier alpha value is -3.12. The van der Waals surface area contributed by atoms with E-state index in [4.69, 9.17) is 0 Å². The van der Waals surface area contributed by atoms with E-state index in [2.05, 4.69) is 21.3 Å². The Bertz CT molecular complexity index is 968. The average Bonchev–Trinajstić information content (AvgIpc) is 3.03. The van der Waals surface area contributed by atoms with Crippen LogP contribution >= 0.6 is 0 Å². The molecule has 1 heterocycles. The smallest absolute Gasteiger partial charge is 0.322 e. The highest BCUT2D eigenvalue weighted by Gasteiger charge is 2.10. The van der Waals surface area contributed by atoms with Crippen LogP contribution in [0.1, 0.15) is 21.5 Å². The molecule has 3 aromatic rings. The summed E-state index contributed by atoms with van der Waals surface area (Å²) in [5, 5.41) is 2.97. The molecule has 6 heteroatoms. The molecule has 1 amide bonds. The average molecular weight is 350 g/mol. The topological polar surface area (TPSA) is 70.1 Å². The van der Waals surface area contributed by atoms with Gasteiger partial charge in [-0.25, -0.2) is 4.79 Å². The van der Waals surface area contributed by atoms with Gasteiger partial charge in [-0.15, -0.1) is 0 Å². The summed E-state index contributed by atoms with van der Waals surface area (Å²) in [6.45, 7) is 2.78. The fourth-order valence-electron chi connectivity index (χ4n) is 2.76. The maximum Gasteiger partial charge on any atom is 0.330 e. The van der Waals surface area contributed by atoms with Gasteiger partial charge in [0.2, 0.25) is 0 Å². The van der Waals surface area contributed by atoms with Crippen molar-refractivity contribution in [2.75, 3.05) is 19.4 Å². The lowest BCUT2D eigenvalue weighted by molar-refractivity contribution is 0.102. The van der Waals surface area contributed by atoms with E-state index in [-0.39, 0.29) is 11.6 Å². The number of anilines is 1. The highest BCUT2D eigenvalue weighted by molar-refractivity contribution is 6.04. The van der Waals surface area contributed by atoms with Gasteiger partial charge in [0.15, 0.2) is 0 Å². The van der Waals surface area contributed by atoms with Crippen molar-refractivity contribution in [2.24, 2.45) is 0 Å². The maximum absolute atomic E-state index is 12.6. The number of rotatable bonds is 5. The number of amides is 1. The Morgan fingerprint density at radius 3 is 2.50 bits per heavy atom. The van der Waals surface area contributed by atoms with E-state index in [9.17, 15) is 9.59 Å². The predicted octanol–water partition coefficient (Wildman–Crippen LogP) is 2.79. The molecule has 0 fully saturated rings. The number of aromatic nitrogens is 2. The van der Waals surface area contributed by atoms with Crippen LogP contribution in [0.2, 0.25) is 0 Å².